The second kappa shape index (κ2) is 6.62. The van der Waals surface area contributed by atoms with Gasteiger partial charge in [0.15, 0.2) is 0 Å². The maximum Gasteiger partial charge on any atom is 0.00185 e. The first-order valence-corrected chi connectivity index (χ1v) is 4.57. The van der Waals surface area contributed by atoms with E-state index in [0.717, 1.165) is 19.0 Å². The molecule has 0 aliphatic rings. The lowest BCUT2D eigenvalue weighted by Crippen LogP contribution is -2.30. The van der Waals surface area contributed by atoms with Crippen LogP contribution in [0.4, 0.5) is 0 Å². The van der Waals surface area contributed by atoms with Crippen molar-refractivity contribution in [3.05, 3.63) is 0 Å². The van der Waals surface area contributed by atoms with Crippen LogP contribution in [0.1, 0.15) is 20.3 Å². The molecule has 0 saturated heterocycles. The molecule has 2 heteroatoms. The first-order valence-electron chi connectivity index (χ1n) is 4.57. The Bertz CT molecular complexity index is 83.6. The zero-order valence-corrected chi connectivity index (χ0v) is 8.35. The van der Waals surface area contributed by atoms with Crippen molar-refractivity contribution in [1.82, 2.24) is 10.2 Å². The van der Waals surface area contributed by atoms with E-state index in [1.54, 1.807) is 0 Å². The molecule has 0 aromatic rings. The highest BCUT2D eigenvalue weighted by Gasteiger charge is 2.06. The van der Waals surface area contributed by atoms with Crippen LogP contribution in [-0.2, 0) is 0 Å². The highest BCUT2D eigenvalue weighted by atomic mass is 15.1. The molecule has 0 radical (unpaired) electrons. The lowest BCUT2D eigenvalue weighted by Gasteiger charge is -2.21. The third kappa shape index (κ3) is 5.22. The molecule has 0 rings (SSSR count). The van der Waals surface area contributed by atoms with E-state index in [4.69, 9.17) is 0 Å². The van der Waals surface area contributed by atoms with Gasteiger partial charge in [-0.25, -0.2) is 0 Å². The standard InChI is InChI=1S/C9H22N2/c1-5-9(7-10-3)8-11(4)6-2/h9-10H,5-8H2,1-4H3. The molecule has 0 aliphatic heterocycles. The smallest absolute Gasteiger partial charge is 0.00185 e. The molecule has 0 aliphatic carbocycles. The second-order valence-corrected chi connectivity index (χ2v) is 3.19. The third-order valence-corrected chi connectivity index (χ3v) is 2.18. The van der Waals surface area contributed by atoms with Crippen molar-refractivity contribution in [2.75, 3.05) is 33.7 Å². The molecule has 0 aromatic carbocycles. The number of nitrogens with one attached hydrogen (secondary N) is 1. The zero-order chi connectivity index (χ0) is 8.69. The van der Waals surface area contributed by atoms with Crippen LogP contribution in [0.15, 0.2) is 0 Å². The summed E-state index contributed by atoms with van der Waals surface area (Å²) in [5.74, 6) is 0.810. The van der Waals surface area contributed by atoms with E-state index in [9.17, 15) is 0 Å². The molecule has 11 heavy (non-hydrogen) atoms. The third-order valence-electron chi connectivity index (χ3n) is 2.18. The van der Waals surface area contributed by atoms with Crippen molar-refractivity contribution in [1.29, 1.82) is 0 Å². The minimum atomic E-state index is 0.810. The summed E-state index contributed by atoms with van der Waals surface area (Å²) < 4.78 is 0. The van der Waals surface area contributed by atoms with Crippen molar-refractivity contribution < 1.29 is 0 Å². The van der Waals surface area contributed by atoms with Crippen LogP contribution in [0.25, 0.3) is 0 Å². The Labute approximate surface area is 71.0 Å². The average Bonchev–Trinajstić information content (AvgIpc) is 2.03. The Morgan fingerprint density at radius 3 is 2.36 bits per heavy atom. The molecule has 1 unspecified atom stereocenters. The number of nitrogens with zero attached hydrogens (tertiary/aromatic N) is 1. The van der Waals surface area contributed by atoms with Crippen molar-refractivity contribution in [2.45, 2.75) is 20.3 Å². The lowest BCUT2D eigenvalue weighted by molar-refractivity contribution is 0.280. The number of rotatable bonds is 6. The van der Waals surface area contributed by atoms with Crippen LogP contribution < -0.4 is 5.32 Å². The highest BCUT2D eigenvalue weighted by molar-refractivity contribution is 4.62. The quantitative estimate of drug-likeness (QED) is 0.624. The molecule has 0 heterocycles. The van der Waals surface area contributed by atoms with Crippen molar-refractivity contribution >= 4 is 0 Å². The van der Waals surface area contributed by atoms with E-state index in [2.05, 4.69) is 31.1 Å². The van der Waals surface area contributed by atoms with Crippen molar-refractivity contribution in [3.63, 3.8) is 0 Å². The molecule has 0 spiro atoms. The zero-order valence-electron chi connectivity index (χ0n) is 8.35. The maximum absolute atomic E-state index is 3.22. The normalized spacial score (nSPS) is 13.9. The van der Waals surface area contributed by atoms with Crippen LogP contribution in [0, 0.1) is 5.92 Å². The van der Waals surface area contributed by atoms with E-state index in [1.807, 2.05) is 7.05 Å². The SMILES string of the molecule is CCC(CNC)CN(C)CC. The monoisotopic (exact) mass is 158 g/mol. The van der Waals surface area contributed by atoms with Gasteiger partial charge in [-0.2, -0.15) is 0 Å². The van der Waals surface area contributed by atoms with Gasteiger partial charge in [-0.1, -0.05) is 20.3 Å². The molecule has 1 atom stereocenters. The van der Waals surface area contributed by atoms with E-state index in [0.29, 0.717) is 0 Å². The summed E-state index contributed by atoms with van der Waals surface area (Å²) >= 11 is 0. The molecular weight excluding hydrogens is 136 g/mol. The van der Waals surface area contributed by atoms with Crippen LogP contribution in [0.2, 0.25) is 0 Å². The minimum Gasteiger partial charge on any atom is -0.319 e. The van der Waals surface area contributed by atoms with E-state index >= 15 is 0 Å². The van der Waals surface area contributed by atoms with Gasteiger partial charge in [0, 0.05) is 6.54 Å². The molecule has 0 fully saturated rings. The van der Waals surface area contributed by atoms with E-state index in [1.165, 1.54) is 13.0 Å². The largest absolute Gasteiger partial charge is 0.319 e. The van der Waals surface area contributed by atoms with Crippen LogP contribution in [-0.4, -0.2) is 38.6 Å². The number of hydrogen-bond acceptors (Lipinski definition) is 2. The predicted octanol–water partition coefficient (Wildman–Crippen LogP) is 1.18. The Kier molecular flexibility index (Phi) is 6.57. The molecular formula is C9H22N2. The molecule has 1 N–H and O–H groups in total. The first kappa shape index (κ1) is 10.9. The molecule has 2 nitrogen and oxygen atoms in total. The van der Waals surface area contributed by atoms with Crippen molar-refractivity contribution in [2.24, 2.45) is 5.92 Å². The Morgan fingerprint density at radius 1 is 1.36 bits per heavy atom. The fourth-order valence-corrected chi connectivity index (χ4v) is 1.20. The van der Waals surface area contributed by atoms with Gasteiger partial charge in [-0.3, -0.25) is 0 Å². The summed E-state index contributed by atoms with van der Waals surface area (Å²) in [5.41, 5.74) is 0. The summed E-state index contributed by atoms with van der Waals surface area (Å²) in [4.78, 5) is 2.37. The fourth-order valence-electron chi connectivity index (χ4n) is 1.20. The second-order valence-electron chi connectivity index (χ2n) is 3.19. The fraction of sp³-hybridized carbons (Fsp3) is 1.00. The lowest BCUT2D eigenvalue weighted by atomic mass is 10.1. The number of hydrogen-bond donors (Lipinski definition) is 1. The van der Waals surface area contributed by atoms with Gasteiger partial charge in [0.2, 0.25) is 0 Å². The summed E-state index contributed by atoms with van der Waals surface area (Å²) in [7, 11) is 4.20. The van der Waals surface area contributed by atoms with Crippen molar-refractivity contribution in [3.8, 4) is 0 Å². The molecule has 0 aromatic heterocycles. The summed E-state index contributed by atoms with van der Waals surface area (Å²) in [6.45, 7) is 7.96. The van der Waals surface area contributed by atoms with Gasteiger partial charge in [0.1, 0.15) is 0 Å². The Balaban J connectivity index is 3.49. The highest BCUT2D eigenvalue weighted by Crippen LogP contribution is 2.02. The summed E-state index contributed by atoms with van der Waals surface area (Å²) in [5, 5.41) is 3.22. The van der Waals surface area contributed by atoms with Crippen LogP contribution >= 0.6 is 0 Å². The van der Waals surface area contributed by atoms with Gasteiger partial charge in [-0.15, -0.1) is 0 Å². The van der Waals surface area contributed by atoms with Crippen LogP contribution in [0.5, 0.6) is 0 Å². The van der Waals surface area contributed by atoms with Gasteiger partial charge in [-0.05, 0) is 33.1 Å². The van der Waals surface area contributed by atoms with Gasteiger partial charge >= 0.3 is 0 Å². The van der Waals surface area contributed by atoms with Gasteiger partial charge < -0.3 is 10.2 Å². The first-order chi connectivity index (χ1) is 5.24. The molecule has 68 valence electrons. The Morgan fingerprint density at radius 2 is 2.00 bits per heavy atom. The summed E-state index contributed by atoms with van der Waals surface area (Å²) in [6, 6.07) is 0. The summed E-state index contributed by atoms with van der Waals surface area (Å²) in [6.07, 6.45) is 1.27. The van der Waals surface area contributed by atoms with Gasteiger partial charge in [0.25, 0.3) is 0 Å². The topological polar surface area (TPSA) is 15.3 Å². The minimum absolute atomic E-state index is 0.810. The molecule has 0 saturated carbocycles. The molecule has 0 amide bonds. The van der Waals surface area contributed by atoms with E-state index < -0.39 is 0 Å². The Hall–Kier alpha value is -0.0800. The predicted molar refractivity (Wildman–Crippen MR) is 50.9 cm³/mol. The average molecular weight is 158 g/mol. The van der Waals surface area contributed by atoms with E-state index in [-0.39, 0.29) is 0 Å². The van der Waals surface area contributed by atoms with Crippen LogP contribution in [0.3, 0.4) is 0 Å². The molecule has 0 bridgehead atoms. The maximum atomic E-state index is 3.22. The van der Waals surface area contributed by atoms with Gasteiger partial charge in [0.05, 0.1) is 0 Å².